The average Bonchev–Trinajstić information content (AvgIpc) is 2.89. The van der Waals surface area contributed by atoms with Gasteiger partial charge in [-0.25, -0.2) is 9.59 Å². The first-order valence-corrected chi connectivity index (χ1v) is 7.40. The maximum atomic E-state index is 12.3. The van der Waals surface area contributed by atoms with Gasteiger partial charge in [0.15, 0.2) is 0 Å². The number of ether oxygens (including phenoxy) is 2. The van der Waals surface area contributed by atoms with Crippen LogP contribution in [0, 0.1) is 0 Å². The molecule has 1 amide bonds. The van der Waals surface area contributed by atoms with Crippen molar-refractivity contribution in [1.29, 1.82) is 0 Å². The van der Waals surface area contributed by atoms with Crippen LogP contribution in [-0.2, 0) is 19.1 Å². The predicted molar refractivity (Wildman–Crippen MR) is 91.6 cm³/mol. The lowest BCUT2D eigenvalue weighted by Gasteiger charge is -2.23. The van der Waals surface area contributed by atoms with Gasteiger partial charge in [-0.3, -0.25) is 4.79 Å². The number of carbonyl (C=O) groups is 3. The van der Waals surface area contributed by atoms with Crippen LogP contribution in [0.25, 0.3) is 0 Å². The fourth-order valence-corrected chi connectivity index (χ4v) is 2.31. The highest BCUT2D eigenvalue weighted by molar-refractivity contribution is 6.05. The highest BCUT2D eigenvalue weighted by Gasteiger charge is 2.27. The number of allylic oxidation sites excluding steroid dienone is 2. The molecule has 0 aliphatic carbocycles. The van der Waals surface area contributed by atoms with Crippen molar-refractivity contribution in [3.63, 3.8) is 0 Å². The third-order valence-corrected chi connectivity index (χ3v) is 3.50. The van der Waals surface area contributed by atoms with Gasteiger partial charge in [0.05, 0.1) is 19.8 Å². The summed E-state index contributed by atoms with van der Waals surface area (Å²) in [5.41, 5.74) is 0.968. The van der Waals surface area contributed by atoms with E-state index in [2.05, 4.69) is 5.32 Å². The van der Waals surface area contributed by atoms with E-state index in [-0.39, 0.29) is 17.2 Å². The zero-order valence-electron chi connectivity index (χ0n) is 14.1. The zero-order chi connectivity index (χ0) is 18.4. The van der Waals surface area contributed by atoms with Gasteiger partial charge < -0.3 is 19.7 Å². The van der Waals surface area contributed by atoms with Crippen LogP contribution < -0.4 is 10.2 Å². The number of benzene rings is 1. The number of nitrogens with zero attached hydrogens (tertiary/aromatic N) is 1. The number of rotatable bonds is 4. The summed E-state index contributed by atoms with van der Waals surface area (Å²) in [5.74, 6) is -1.65. The van der Waals surface area contributed by atoms with E-state index in [1.807, 2.05) is 0 Å². The van der Waals surface area contributed by atoms with Gasteiger partial charge in [-0.15, -0.1) is 0 Å². The molecule has 25 heavy (non-hydrogen) atoms. The van der Waals surface area contributed by atoms with E-state index < -0.39 is 11.9 Å². The number of methoxy groups -OCH3 is 2. The second kappa shape index (κ2) is 7.96. The Bertz CT molecular complexity index is 792. The Labute approximate surface area is 145 Å². The van der Waals surface area contributed by atoms with Crippen LogP contribution in [0.4, 0.5) is 5.69 Å². The molecule has 0 saturated carbocycles. The molecule has 0 radical (unpaired) electrons. The Morgan fingerprint density at radius 2 is 1.76 bits per heavy atom. The van der Waals surface area contributed by atoms with Crippen molar-refractivity contribution in [3.8, 4) is 0 Å². The summed E-state index contributed by atoms with van der Waals surface area (Å²) in [6.45, 7) is 0. The lowest BCUT2D eigenvalue weighted by atomic mass is 10.1. The van der Waals surface area contributed by atoms with Crippen molar-refractivity contribution in [2.24, 2.45) is 0 Å². The zero-order valence-corrected chi connectivity index (χ0v) is 14.1. The van der Waals surface area contributed by atoms with Crippen molar-refractivity contribution in [3.05, 3.63) is 65.5 Å². The molecule has 1 heterocycles. The summed E-state index contributed by atoms with van der Waals surface area (Å²) in [4.78, 5) is 37.8. The number of nitrogens with one attached hydrogen (secondary N) is 1. The third kappa shape index (κ3) is 3.77. The van der Waals surface area contributed by atoms with Gasteiger partial charge in [0.2, 0.25) is 0 Å². The molecule has 7 nitrogen and oxygen atoms in total. The summed E-state index contributed by atoms with van der Waals surface area (Å²) in [6, 6.07) is 6.63. The Balaban J connectivity index is 2.63. The lowest BCUT2D eigenvalue weighted by Crippen LogP contribution is -2.27. The highest BCUT2D eigenvalue weighted by Crippen LogP contribution is 2.27. The first-order valence-electron chi connectivity index (χ1n) is 7.40. The molecule has 0 saturated heterocycles. The topological polar surface area (TPSA) is 84.9 Å². The molecule has 0 bridgehead atoms. The number of amides is 1. The van der Waals surface area contributed by atoms with Crippen molar-refractivity contribution in [2.45, 2.75) is 0 Å². The number of hydrogen-bond acceptors (Lipinski definition) is 6. The fourth-order valence-electron chi connectivity index (χ4n) is 2.31. The second-order valence-corrected chi connectivity index (χ2v) is 4.95. The van der Waals surface area contributed by atoms with Crippen molar-refractivity contribution in [2.75, 3.05) is 26.2 Å². The molecule has 1 aliphatic heterocycles. The van der Waals surface area contributed by atoms with E-state index in [0.29, 0.717) is 11.3 Å². The van der Waals surface area contributed by atoms with Crippen LogP contribution in [0.2, 0.25) is 0 Å². The predicted octanol–water partition coefficient (Wildman–Crippen LogP) is 1.54. The molecule has 0 spiro atoms. The molecule has 1 aromatic rings. The maximum Gasteiger partial charge on any atom is 0.355 e. The molecule has 0 atom stereocenters. The lowest BCUT2D eigenvalue weighted by molar-refractivity contribution is -0.139. The molecular weight excluding hydrogens is 324 g/mol. The first kappa shape index (κ1) is 18.0. The molecule has 0 fully saturated rings. The summed E-state index contributed by atoms with van der Waals surface area (Å²) in [6.07, 6.45) is 6.34. The summed E-state index contributed by atoms with van der Waals surface area (Å²) in [5, 5.41) is 2.54. The van der Waals surface area contributed by atoms with Gasteiger partial charge in [-0.2, -0.15) is 0 Å². The number of hydrogen-bond donors (Lipinski definition) is 1. The SMILES string of the molecule is CNC(=O)c1cccc(N2C=CC=CC(C(=O)OC)=C2C(=O)OC)c1. The molecule has 130 valence electrons. The first-order chi connectivity index (χ1) is 12.0. The molecule has 1 N–H and O–H groups in total. The Morgan fingerprint density at radius 3 is 2.40 bits per heavy atom. The normalized spacial score (nSPS) is 13.3. The minimum absolute atomic E-state index is 0.00610. The van der Waals surface area contributed by atoms with Crippen molar-refractivity contribution in [1.82, 2.24) is 5.32 Å². The highest BCUT2D eigenvalue weighted by atomic mass is 16.5. The standard InChI is InChI=1S/C18H18N2O5/c1-19-16(21)12-7-6-8-13(11-12)20-10-5-4-9-14(17(22)24-2)15(20)18(23)25-3/h4-11H,1-3H3,(H,19,21). The van der Waals surface area contributed by atoms with Gasteiger partial charge in [-0.1, -0.05) is 12.1 Å². The number of carbonyl (C=O) groups excluding carboxylic acids is 3. The van der Waals surface area contributed by atoms with E-state index >= 15 is 0 Å². The number of esters is 2. The van der Waals surface area contributed by atoms with Crippen LogP contribution in [0.1, 0.15) is 10.4 Å². The van der Waals surface area contributed by atoms with Crippen molar-refractivity contribution < 1.29 is 23.9 Å². The molecule has 1 aromatic carbocycles. The average molecular weight is 342 g/mol. The van der Waals surface area contributed by atoms with E-state index in [9.17, 15) is 14.4 Å². The van der Waals surface area contributed by atoms with Crippen LogP contribution >= 0.6 is 0 Å². The van der Waals surface area contributed by atoms with Gasteiger partial charge in [0.25, 0.3) is 5.91 Å². The Kier molecular flexibility index (Phi) is 5.73. The monoisotopic (exact) mass is 342 g/mol. The molecule has 0 aromatic heterocycles. The van der Waals surface area contributed by atoms with Gasteiger partial charge in [0.1, 0.15) is 5.70 Å². The minimum Gasteiger partial charge on any atom is -0.465 e. The number of anilines is 1. The molecule has 0 unspecified atom stereocenters. The van der Waals surface area contributed by atoms with E-state index in [1.54, 1.807) is 42.6 Å². The van der Waals surface area contributed by atoms with E-state index in [1.165, 1.54) is 32.2 Å². The van der Waals surface area contributed by atoms with E-state index in [4.69, 9.17) is 9.47 Å². The van der Waals surface area contributed by atoms with Crippen LogP contribution in [0.5, 0.6) is 0 Å². The van der Waals surface area contributed by atoms with Crippen LogP contribution in [0.3, 0.4) is 0 Å². The van der Waals surface area contributed by atoms with Crippen LogP contribution in [-0.4, -0.2) is 39.1 Å². The second-order valence-electron chi connectivity index (χ2n) is 4.95. The minimum atomic E-state index is -0.707. The van der Waals surface area contributed by atoms with Gasteiger partial charge >= 0.3 is 11.9 Å². The Hall–Kier alpha value is -3.35. The molecule has 2 rings (SSSR count). The Morgan fingerprint density at radius 1 is 1.04 bits per heavy atom. The van der Waals surface area contributed by atoms with Crippen molar-refractivity contribution >= 4 is 23.5 Å². The summed E-state index contributed by atoms with van der Waals surface area (Å²) >= 11 is 0. The maximum absolute atomic E-state index is 12.3. The molecule has 1 aliphatic rings. The van der Waals surface area contributed by atoms with Gasteiger partial charge in [0, 0.05) is 24.5 Å². The summed E-state index contributed by atoms with van der Waals surface area (Å²) in [7, 11) is 3.98. The fraction of sp³-hybridized carbons (Fsp3) is 0.167. The van der Waals surface area contributed by atoms with Crippen LogP contribution in [0.15, 0.2) is 60.0 Å². The molecular formula is C18H18N2O5. The largest absolute Gasteiger partial charge is 0.465 e. The quantitative estimate of drug-likeness (QED) is 0.836. The molecule has 7 heteroatoms. The third-order valence-electron chi connectivity index (χ3n) is 3.50. The summed E-state index contributed by atoms with van der Waals surface area (Å²) < 4.78 is 9.59. The van der Waals surface area contributed by atoms with E-state index in [0.717, 1.165) is 0 Å². The van der Waals surface area contributed by atoms with Gasteiger partial charge in [-0.05, 0) is 30.4 Å². The smallest absolute Gasteiger partial charge is 0.355 e.